The summed E-state index contributed by atoms with van der Waals surface area (Å²) in [5.41, 5.74) is 1.13. The molecule has 7 nitrogen and oxygen atoms in total. The molecule has 26 heavy (non-hydrogen) atoms. The van der Waals surface area contributed by atoms with Gasteiger partial charge in [0.15, 0.2) is 0 Å². The predicted octanol–water partition coefficient (Wildman–Crippen LogP) is 2.60. The third kappa shape index (κ3) is 3.63. The summed E-state index contributed by atoms with van der Waals surface area (Å²) in [6, 6.07) is 7.52. The standard InChI is InChI=1S/C16H15F3N4O3/c17-16(18,19)13-9-22(8-12(13)14(24)25)15(26)21-10-2-4-11(5-3-10)23-7-1-6-20-23/h1-7,12-13H,8-9H2,(H,21,26)(H,24,25)/t12-,13-/m1/s1. The van der Waals surface area contributed by atoms with E-state index < -0.39 is 43.1 Å². The Kier molecular flexibility index (Phi) is 4.58. The zero-order chi connectivity index (χ0) is 18.9. The number of nitrogens with zero attached hydrogens (tertiary/aromatic N) is 3. The number of alkyl halides is 3. The number of urea groups is 1. The van der Waals surface area contributed by atoms with E-state index in [-0.39, 0.29) is 0 Å². The first kappa shape index (κ1) is 17.8. The van der Waals surface area contributed by atoms with Crippen LogP contribution in [-0.4, -0.2) is 51.1 Å². The third-order valence-electron chi connectivity index (χ3n) is 4.23. The summed E-state index contributed by atoms with van der Waals surface area (Å²) in [5.74, 6) is -5.30. The molecule has 10 heteroatoms. The van der Waals surface area contributed by atoms with Gasteiger partial charge in [0.05, 0.1) is 17.5 Å². The van der Waals surface area contributed by atoms with Gasteiger partial charge >= 0.3 is 18.2 Å². The first-order valence-corrected chi connectivity index (χ1v) is 7.71. The van der Waals surface area contributed by atoms with Crippen molar-refractivity contribution in [2.24, 2.45) is 11.8 Å². The molecule has 0 unspecified atom stereocenters. The van der Waals surface area contributed by atoms with Crippen LogP contribution in [0.2, 0.25) is 0 Å². The van der Waals surface area contributed by atoms with E-state index >= 15 is 0 Å². The van der Waals surface area contributed by atoms with E-state index in [4.69, 9.17) is 5.11 Å². The number of halogens is 3. The van der Waals surface area contributed by atoms with E-state index in [0.717, 1.165) is 10.6 Å². The number of nitrogens with one attached hydrogen (secondary N) is 1. The Morgan fingerprint density at radius 3 is 2.38 bits per heavy atom. The van der Waals surface area contributed by atoms with E-state index in [1.54, 1.807) is 47.4 Å². The first-order valence-electron chi connectivity index (χ1n) is 7.71. The van der Waals surface area contributed by atoms with Crippen molar-refractivity contribution in [3.8, 4) is 5.69 Å². The molecule has 2 heterocycles. The van der Waals surface area contributed by atoms with Crippen LogP contribution in [0, 0.1) is 11.8 Å². The van der Waals surface area contributed by atoms with Crippen molar-refractivity contribution in [2.75, 3.05) is 18.4 Å². The van der Waals surface area contributed by atoms with Crippen LogP contribution in [0.5, 0.6) is 0 Å². The summed E-state index contributed by atoms with van der Waals surface area (Å²) < 4.78 is 40.6. The molecule has 138 valence electrons. The van der Waals surface area contributed by atoms with Crippen molar-refractivity contribution in [1.29, 1.82) is 0 Å². The third-order valence-corrected chi connectivity index (χ3v) is 4.23. The Morgan fingerprint density at radius 2 is 1.88 bits per heavy atom. The van der Waals surface area contributed by atoms with Gasteiger partial charge in [-0.3, -0.25) is 4.79 Å². The fraction of sp³-hybridized carbons (Fsp3) is 0.312. The maximum atomic E-state index is 13.0. The molecule has 1 saturated heterocycles. The molecule has 2 aromatic rings. The Labute approximate surface area is 146 Å². The minimum Gasteiger partial charge on any atom is -0.481 e. The maximum Gasteiger partial charge on any atom is 0.394 e. The quantitative estimate of drug-likeness (QED) is 0.872. The molecule has 0 bridgehead atoms. The largest absolute Gasteiger partial charge is 0.481 e. The fourth-order valence-electron chi connectivity index (χ4n) is 2.87. The highest BCUT2D eigenvalue weighted by Gasteiger charge is 2.53. The number of carboxylic acid groups (broad SMARTS) is 1. The Hall–Kier alpha value is -3.04. The van der Waals surface area contributed by atoms with Crippen LogP contribution in [-0.2, 0) is 4.79 Å². The highest BCUT2D eigenvalue weighted by atomic mass is 19.4. The van der Waals surface area contributed by atoms with Gasteiger partial charge < -0.3 is 15.3 Å². The summed E-state index contributed by atoms with van der Waals surface area (Å²) in [5, 5.41) is 15.5. The normalized spacial score (nSPS) is 20.2. The second-order valence-corrected chi connectivity index (χ2v) is 5.93. The lowest BCUT2D eigenvalue weighted by atomic mass is 9.96. The predicted molar refractivity (Wildman–Crippen MR) is 84.8 cm³/mol. The van der Waals surface area contributed by atoms with Crippen LogP contribution < -0.4 is 5.32 Å². The highest BCUT2D eigenvalue weighted by Crippen LogP contribution is 2.37. The summed E-state index contributed by atoms with van der Waals surface area (Å²) in [6.07, 6.45) is -1.33. The van der Waals surface area contributed by atoms with Gasteiger partial charge in [-0.2, -0.15) is 18.3 Å². The lowest BCUT2D eigenvalue weighted by Crippen LogP contribution is -2.35. The summed E-state index contributed by atoms with van der Waals surface area (Å²) in [4.78, 5) is 24.1. The first-order chi connectivity index (χ1) is 12.3. The monoisotopic (exact) mass is 368 g/mol. The number of hydrogen-bond acceptors (Lipinski definition) is 3. The average molecular weight is 368 g/mol. The van der Waals surface area contributed by atoms with E-state index in [9.17, 15) is 22.8 Å². The van der Waals surface area contributed by atoms with E-state index in [0.29, 0.717) is 5.69 Å². The molecule has 1 fully saturated rings. The van der Waals surface area contributed by atoms with Crippen LogP contribution in [0.3, 0.4) is 0 Å². The lowest BCUT2D eigenvalue weighted by molar-refractivity contribution is -0.187. The molecule has 2 amide bonds. The van der Waals surface area contributed by atoms with Crippen LogP contribution >= 0.6 is 0 Å². The molecule has 3 rings (SSSR count). The van der Waals surface area contributed by atoms with E-state index in [2.05, 4.69) is 10.4 Å². The number of rotatable bonds is 3. The maximum absolute atomic E-state index is 13.0. The minimum atomic E-state index is -4.68. The Morgan fingerprint density at radius 1 is 1.19 bits per heavy atom. The molecule has 0 spiro atoms. The number of amides is 2. The summed E-state index contributed by atoms with van der Waals surface area (Å²) >= 11 is 0. The second kappa shape index (κ2) is 6.70. The van der Waals surface area contributed by atoms with Gasteiger partial charge in [-0.25, -0.2) is 9.48 Å². The molecule has 1 aromatic carbocycles. The zero-order valence-corrected chi connectivity index (χ0v) is 13.3. The van der Waals surface area contributed by atoms with Crippen molar-refractivity contribution in [3.05, 3.63) is 42.7 Å². The SMILES string of the molecule is O=C(O)[C@@H]1CN(C(=O)Nc2ccc(-n3cccn3)cc2)C[C@H]1C(F)(F)F. The number of carbonyl (C=O) groups is 2. The van der Waals surface area contributed by atoms with Crippen molar-refractivity contribution < 1.29 is 27.9 Å². The van der Waals surface area contributed by atoms with E-state index in [1.165, 1.54) is 0 Å². The number of anilines is 1. The summed E-state index contributed by atoms with van der Waals surface area (Å²) in [7, 11) is 0. The molecule has 2 atom stereocenters. The molecule has 1 aliphatic rings. The van der Waals surface area contributed by atoms with Gasteiger partial charge in [-0.15, -0.1) is 0 Å². The Bertz CT molecular complexity index is 790. The minimum absolute atomic E-state index is 0.383. The highest BCUT2D eigenvalue weighted by molar-refractivity contribution is 5.90. The van der Waals surface area contributed by atoms with Crippen LogP contribution in [0.4, 0.5) is 23.7 Å². The number of hydrogen-bond donors (Lipinski definition) is 2. The molecule has 0 radical (unpaired) electrons. The molecule has 2 N–H and O–H groups in total. The van der Waals surface area contributed by atoms with Crippen LogP contribution in [0.15, 0.2) is 42.7 Å². The number of aliphatic carboxylic acids is 1. The van der Waals surface area contributed by atoms with Crippen LogP contribution in [0.25, 0.3) is 5.69 Å². The molecule has 1 aromatic heterocycles. The fourth-order valence-corrected chi connectivity index (χ4v) is 2.87. The van der Waals surface area contributed by atoms with Gasteiger partial charge in [0.25, 0.3) is 0 Å². The molecule has 0 saturated carbocycles. The molecule has 1 aliphatic heterocycles. The second-order valence-electron chi connectivity index (χ2n) is 5.93. The molecular weight excluding hydrogens is 353 g/mol. The number of likely N-dealkylation sites (tertiary alicyclic amines) is 1. The van der Waals surface area contributed by atoms with Crippen molar-refractivity contribution in [3.63, 3.8) is 0 Å². The van der Waals surface area contributed by atoms with Crippen molar-refractivity contribution in [2.45, 2.75) is 6.18 Å². The van der Waals surface area contributed by atoms with Gasteiger partial charge in [0.2, 0.25) is 0 Å². The summed E-state index contributed by atoms with van der Waals surface area (Å²) in [6.45, 7) is -1.17. The van der Waals surface area contributed by atoms with Crippen molar-refractivity contribution >= 4 is 17.7 Å². The smallest absolute Gasteiger partial charge is 0.394 e. The lowest BCUT2D eigenvalue weighted by Gasteiger charge is -2.18. The topological polar surface area (TPSA) is 87.5 Å². The molecule has 0 aliphatic carbocycles. The Balaban J connectivity index is 1.67. The van der Waals surface area contributed by atoms with Gasteiger partial charge in [-0.1, -0.05) is 0 Å². The zero-order valence-electron chi connectivity index (χ0n) is 13.3. The molecular formula is C16H15F3N4O3. The number of benzene rings is 1. The number of carbonyl (C=O) groups excluding carboxylic acids is 1. The van der Waals surface area contributed by atoms with Crippen LogP contribution in [0.1, 0.15) is 0 Å². The number of carboxylic acids is 1. The average Bonchev–Trinajstić information content (AvgIpc) is 3.25. The van der Waals surface area contributed by atoms with Gasteiger partial charge in [-0.05, 0) is 30.3 Å². The number of aromatic nitrogens is 2. The van der Waals surface area contributed by atoms with E-state index in [1.807, 2.05) is 0 Å². The van der Waals surface area contributed by atoms with Gasteiger partial charge in [0, 0.05) is 31.2 Å². The van der Waals surface area contributed by atoms with Gasteiger partial charge in [0.1, 0.15) is 0 Å². The van der Waals surface area contributed by atoms with Crippen molar-refractivity contribution in [1.82, 2.24) is 14.7 Å².